The molecule has 0 fully saturated rings. The number of ether oxygens (including phenoxy) is 1. The highest BCUT2D eigenvalue weighted by molar-refractivity contribution is 6.32. The number of rotatable bonds is 9. The Labute approximate surface area is 197 Å². The molecule has 5 nitrogen and oxygen atoms in total. The summed E-state index contributed by atoms with van der Waals surface area (Å²) in [6.07, 6.45) is 0. The van der Waals surface area contributed by atoms with E-state index >= 15 is 0 Å². The highest BCUT2D eigenvalue weighted by Crippen LogP contribution is 2.23. The van der Waals surface area contributed by atoms with Gasteiger partial charge in [0, 0.05) is 18.1 Å². The lowest BCUT2D eigenvalue weighted by molar-refractivity contribution is -0.142. The molecule has 7 heteroatoms. The van der Waals surface area contributed by atoms with Crippen molar-refractivity contribution in [3.8, 4) is 5.75 Å². The Kier molecular flexibility index (Phi) is 8.54. The van der Waals surface area contributed by atoms with Crippen LogP contribution in [0.2, 0.25) is 10.0 Å². The van der Waals surface area contributed by atoms with Crippen LogP contribution < -0.4 is 10.1 Å². The summed E-state index contributed by atoms with van der Waals surface area (Å²) in [5, 5.41) is 3.86. The largest absolute Gasteiger partial charge is 0.482 e. The maximum absolute atomic E-state index is 13.1. The molecule has 3 aromatic carbocycles. The first-order chi connectivity index (χ1) is 15.5. The molecule has 3 rings (SSSR count). The van der Waals surface area contributed by atoms with E-state index in [4.69, 9.17) is 27.9 Å². The molecule has 166 valence electrons. The van der Waals surface area contributed by atoms with Gasteiger partial charge in [-0.15, -0.1) is 0 Å². The quantitative estimate of drug-likeness (QED) is 0.472. The van der Waals surface area contributed by atoms with Gasteiger partial charge in [0.2, 0.25) is 5.91 Å². The van der Waals surface area contributed by atoms with Crippen molar-refractivity contribution in [2.75, 3.05) is 6.61 Å². The molecule has 32 heavy (non-hydrogen) atoms. The highest BCUT2D eigenvalue weighted by atomic mass is 35.5. The van der Waals surface area contributed by atoms with Gasteiger partial charge >= 0.3 is 0 Å². The Hall–Kier alpha value is -3.02. The number of carbonyl (C=O) groups is 2. The number of nitrogens with zero attached hydrogens (tertiary/aromatic N) is 1. The van der Waals surface area contributed by atoms with Gasteiger partial charge < -0.3 is 15.0 Å². The van der Waals surface area contributed by atoms with Crippen molar-refractivity contribution >= 4 is 35.0 Å². The third kappa shape index (κ3) is 6.49. The fourth-order valence-electron chi connectivity index (χ4n) is 3.12. The molecule has 1 atom stereocenters. The standard InChI is InChI=1S/C25H24Cl2N2O3/c1-18(25(31)28-15-20-11-5-6-12-21(20)26)29(16-19-9-3-2-4-10-19)24(30)17-32-23-14-8-7-13-22(23)27/h2-14,18H,15-17H2,1H3,(H,28,31)/t18-/m0/s1. The maximum Gasteiger partial charge on any atom is 0.261 e. The van der Waals surface area contributed by atoms with Crippen LogP contribution in [-0.4, -0.2) is 29.4 Å². The Morgan fingerprint density at radius 3 is 2.22 bits per heavy atom. The zero-order valence-corrected chi connectivity index (χ0v) is 19.1. The van der Waals surface area contributed by atoms with E-state index in [0.717, 1.165) is 11.1 Å². The molecule has 0 bridgehead atoms. The third-order valence-corrected chi connectivity index (χ3v) is 5.64. The Morgan fingerprint density at radius 1 is 0.906 bits per heavy atom. The third-order valence-electron chi connectivity index (χ3n) is 4.96. The Bertz CT molecular complexity index is 1060. The molecule has 0 saturated heterocycles. The number of amides is 2. The van der Waals surface area contributed by atoms with Crippen LogP contribution in [0.1, 0.15) is 18.1 Å². The van der Waals surface area contributed by atoms with Crippen LogP contribution in [0.3, 0.4) is 0 Å². The van der Waals surface area contributed by atoms with Gasteiger partial charge in [0.1, 0.15) is 11.8 Å². The van der Waals surface area contributed by atoms with Crippen LogP contribution >= 0.6 is 23.2 Å². The maximum atomic E-state index is 13.1. The average Bonchev–Trinajstić information content (AvgIpc) is 2.81. The van der Waals surface area contributed by atoms with Gasteiger partial charge in [0.15, 0.2) is 6.61 Å². The summed E-state index contributed by atoms with van der Waals surface area (Å²) >= 11 is 12.3. The summed E-state index contributed by atoms with van der Waals surface area (Å²) in [4.78, 5) is 27.4. The van der Waals surface area contributed by atoms with Crippen molar-refractivity contribution in [1.82, 2.24) is 10.2 Å². The number of nitrogens with one attached hydrogen (secondary N) is 1. The lowest BCUT2D eigenvalue weighted by Gasteiger charge is -2.29. The second-order valence-corrected chi connectivity index (χ2v) is 8.03. The molecular weight excluding hydrogens is 447 g/mol. The van der Waals surface area contributed by atoms with Crippen LogP contribution in [0, 0.1) is 0 Å². The molecule has 0 heterocycles. The molecule has 0 aromatic heterocycles. The zero-order valence-electron chi connectivity index (χ0n) is 17.6. The fraction of sp³-hybridized carbons (Fsp3) is 0.200. The van der Waals surface area contributed by atoms with E-state index in [1.54, 1.807) is 37.3 Å². The topological polar surface area (TPSA) is 58.6 Å². The van der Waals surface area contributed by atoms with Crippen molar-refractivity contribution in [1.29, 1.82) is 0 Å². The minimum absolute atomic E-state index is 0.237. The van der Waals surface area contributed by atoms with E-state index in [9.17, 15) is 9.59 Å². The molecule has 2 amide bonds. The average molecular weight is 471 g/mol. The van der Waals surface area contributed by atoms with E-state index in [0.29, 0.717) is 15.8 Å². The number of benzene rings is 3. The smallest absolute Gasteiger partial charge is 0.261 e. The molecular formula is C25H24Cl2N2O3. The molecule has 1 N–H and O–H groups in total. The highest BCUT2D eigenvalue weighted by Gasteiger charge is 2.26. The predicted molar refractivity (Wildman–Crippen MR) is 127 cm³/mol. The minimum atomic E-state index is -0.722. The summed E-state index contributed by atoms with van der Waals surface area (Å²) in [5.41, 5.74) is 1.71. The molecule has 0 aliphatic heterocycles. The number of hydrogen-bond acceptors (Lipinski definition) is 3. The SMILES string of the molecule is C[C@@H](C(=O)NCc1ccccc1Cl)N(Cc1ccccc1)C(=O)COc1ccccc1Cl. The summed E-state index contributed by atoms with van der Waals surface area (Å²) in [6, 6.07) is 23.0. The molecule has 0 radical (unpaired) electrons. The normalized spacial score (nSPS) is 11.5. The van der Waals surface area contributed by atoms with Crippen LogP contribution in [0.5, 0.6) is 5.75 Å². The number of para-hydroxylation sites is 1. The van der Waals surface area contributed by atoms with Gasteiger partial charge in [-0.1, -0.05) is 83.9 Å². The predicted octanol–water partition coefficient (Wildman–Crippen LogP) is 5.11. The molecule has 3 aromatic rings. The van der Waals surface area contributed by atoms with E-state index in [1.165, 1.54) is 4.90 Å². The second-order valence-electron chi connectivity index (χ2n) is 7.21. The second kappa shape index (κ2) is 11.6. The first-order valence-corrected chi connectivity index (χ1v) is 10.9. The lowest BCUT2D eigenvalue weighted by Crippen LogP contribution is -2.48. The van der Waals surface area contributed by atoms with Gasteiger partial charge in [-0.25, -0.2) is 0 Å². The molecule has 0 aliphatic rings. The monoisotopic (exact) mass is 470 g/mol. The van der Waals surface area contributed by atoms with E-state index in [1.807, 2.05) is 48.5 Å². The van der Waals surface area contributed by atoms with Gasteiger partial charge in [-0.3, -0.25) is 9.59 Å². The van der Waals surface area contributed by atoms with Gasteiger partial charge in [0.05, 0.1) is 5.02 Å². The van der Waals surface area contributed by atoms with E-state index < -0.39 is 6.04 Å². The van der Waals surface area contributed by atoms with Crippen LogP contribution in [0.4, 0.5) is 0 Å². The number of hydrogen-bond donors (Lipinski definition) is 1. The summed E-state index contributed by atoms with van der Waals surface area (Å²) in [6.45, 7) is 2.00. The van der Waals surface area contributed by atoms with Gasteiger partial charge in [-0.05, 0) is 36.2 Å². The van der Waals surface area contributed by atoms with Gasteiger partial charge in [-0.2, -0.15) is 0 Å². The van der Waals surface area contributed by atoms with Crippen molar-refractivity contribution in [2.45, 2.75) is 26.1 Å². The van der Waals surface area contributed by atoms with Crippen LogP contribution in [0.15, 0.2) is 78.9 Å². The fourth-order valence-corrected chi connectivity index (χ4v) is 3.51. The van der Waals surface area contributed by atoms with Gasteiger partial charge in [0.25, 0.3) is 5.91 Å². The van der Waals surface area contributed by atoms with Crippen molar-refractivity contribution in [3.05, 3.63) is 100 Å². The Morgan fingerprint density at radius 2 is 1.53 bits per heavy atom. The first-order valence-electron chi connectivity index (χ1n) is 10.2. The first kappa shape index (κ1) is 23.6. The summed E-state index contributed by atoms with van der Waals surface area (Å²) in [5.74, 6) is -0.195. The van der Waals surface area contributed by atoms with Crippen LogP contribution in [-0.2, 0) is 22.7 Å². The minimum Gasteiger partial charge on any atom is -0.482 e. The Balaban J connectivity index is 1.70. The summed E-state index contributed by atoms with van der Waals surface area (Å²) in [7, 11) is 0. The lowest BCUT2D eigenvalue weighted by atomic mass is 10.1. The van der Waals surface area contributed by atoms with Crippen molar-refractivity contribution in [2.24, 2.45) is 0 Å². The van der Waals surface area contributed by atoms with Crippen LogP contribution in [0.25, 0.3) is 0 Å². The zero-order chi connectivity index (χ0) is 22.9. The number of carbonyl (C=O) groups excluding carboxylic acids is 2. The molecule has 0 aliphatic carbocycles. The van der Waals surface area contributed by atoms with E-state index in [-0.39, 0.29) is 31.5 Å². The van der Waals surface area contributed by atoms with Crippen molar-refractivity contribution in [3.63, 3.8) is 0 Å². The molecule has 0 unspecified atom stereocenters. The summed E-state index contributed by atoms with van der Waals surface area (Å²) < 4.78 is 5.62. The molecule has 0 saturated carbocycles. The molecule has 0 spiro atoms. The number of halogens is 2. The van der Waals surface area contributed by atoms with Crippen molar-refractivity contribution < 1.29 is 14.3 Å². The van der Waals surface area contributed by atoms with E-state index in [2.05, 4.69) is 5.32 Å².